The van der Waals surface area contributed by atoms with Crippen LogP contribution in [0, 0.1) is 16.2 Å². The second-order valence-electron chi connectivity index (χ2n) is 7.51. The van der Waals surface area contributed by atoms with Crippen LogP contribution < -0.4 is 4.72 Å². The molecule has 1 amide bonds. The van der Waals surface area contributed by atoms with E-state index in [4.69, 9.17) is 0 Å². The zero-order valence-corrected chi connectivity index (χ0v) is 13.2. The monoisotopic (exact) mass is 287 g/mol. The van der Waals surface area contributed by atoms with Gasteiger partial charge in [0.15, 0.2) is 0 Å². The quantitative estimate of drug-likeness (QED) is 0.848. The Hall–Kier alpha value is -0.580. The Bertz CT molecular complexity index is 463. The molecule has 0 atom stereocenters. The van der Waals surface area contributed by atoms with Gasteiger partial charge in [-0.1, -0.05) is 20.8 Å². The number of nitrogens with one attached hydrogen (secondary N) is 1. The molecule has 3 aliphatic carbocycles. The van der Waals surface area contributed by atoms with E-state index in [0.29, 0.717) is 5.41 Å². The van der Waals surface area contributed by atoms with Crippen molar-refractivity contribution in [1.82, 2.24) is 4.72 Å². The molecule has 1 N–H and O–H groups in total. The van der Waals surface area contributed by atoms with Crippen molar-refractivity contribution in [3.05, 3.63) is 0 Å². The Kier molecular flexibility index (Phi) is 3.28. The maximum absolute atomic E-state index is 12.3. The Morgan fingerprint density at radius 3 is 1.74 bits per heavy atom. The third kappa shape index (κ3) is 2.54. The standard InChI is InChI=1S/C14H25NO3S/c1-12(2,3)14-8-5-13(6-9-14,7-10-14)11(16)15-19(4,17)18/h5-10H2,1-4H3,(H,15,16). The lowest BCUT2D eigenvalue weighted by Crippen LogP contribution is -2.54. The van der Waals surface area contributed by atoms with E-state index in [1.165, 1.54) is 0 Å². The van der Waals surface area contributed by atoms with Gasteiger partial charge in [0.05, 0.1) is 11.7 Å². The minimum Gasteiger partial charge on any atom is -0.273 e. The summed E-state index contributed by atoms with van der Waals surface area (Å²) in [5.41, 5.74) is 0.156. The normalized spacial score (nSPS) is 35.2. The molecule has 5 heteroatoms. The molecule has 2 bridgehead atoms. The van der Waals surface area contributed by atoms with Crippen LogP contribution in [0.4, 0.5) is 0 Å². The maximum atomic E-state index is 12.3. The van der Waals surface area contributed by atoms with Gasteiger partial charge in [-0.15, -0.1) is 0 Å². The second kappa shape index (κ2) is 4.21. The fourth-order valence-corrected chi connectivity index (χ4v) is 4.48. The minimum absolute atomic E-state index is 0.257. The number of amides is 1. The van der Waals surface area contributed by atoms with E-state index in [9.17, 15) is 13.2 Å². The highest BCUT2D eigenvalue weighted by Crippen LogP contribution is 2.63. The van der Waals surface area contributed by atoms with Crippen LogP contribution in [0.2, 0.25) is 0 Å². The van der Waals surface area contributed by atoms with Gasteiger partial charge >= 0.3 is 0 Å². The van der Waals surface area contributed by atoms with Gasteiger partial charge in [0.2, 0.25) is 15.9 Å². The zero-order valence-electron chi connectivity index (χ0n) is 12.4. The van der Waals surface area contributed by atoms with Crippen molar-refractivity contribution in [3.8, 4) is 0 Å². The van der Waals surface area contributed by atoms with Gasteiger partial charge in [0.25, 0.3) is 0 Å². The topological polar surface area (TPSA) is 63.2 Å². The van der Waals surface area contributed by atoms with Gasteiger partial charge in [0.1, 0.15) is 0 Å². The molecule has 3 saturated carbocycles. The van der Waals surface area contributed by atoms with E-state index in [1.807, 2.05) is 0 Å². The van der Waals surface area contributed by atoms with Crippen molar-refractivity contribution in [2.24, 2.45) is 16.2 Å². The summed E-state index contributed by atoms with van der Waals surface area (Å²) in [5.74, 6) is -0.280. The molecule has 3 rings (SSSR count). The Morgan fingerprint density at radius 1 is 1.00 bits per heavy atom. The van der Waals surface area contributed by atoms with Crippen LogP contribution >= 0.6 is 0 Å². The molecule has 3 aliphatic rings. The third-order valence-electron chi connectivity index (χ3n) is 5.60. The van der Waals surface area contributed by atoms with Crippen LogP contribution in [0.5, 0.6) is 0 Å². The van der Waals surface area contributed by atoms with Gasteiger partial charge in [0, 0.05) is 0 Å². The minimum atomic E-state index is -3.45. The molecule has 4 nitrogen and oxygen atoms in total. The SMILES string of the molecule is CC(C)(C)C12CCC(C(=O)NS(C)(=O)=O)(CC1)CC2. The van der Waals surface area contributed by atoms with Gasteiger partial charge in [-0.3, -0.25) is 9.52 Å². The molecule has 110 valence electrons. The number of carbonyl (C=O) groups is 1. The Labute approximate surface area is 116 Å². The van der Waals surface area contributed by atoms with E-state index in [0.717, 1.165) is 44.8 Å². The summed E-state index contributed by atoms with van der Waals surface area (Å²) < 4.78 is 24.7. The molecule has 3 fully saturated rings. The van der Waals surface area contributed by atoms with Crippen LogP contribution in [-0.2, 0) is 14.8 Å². The number of carbonyl (C=O) groups excluding carboxylic acids is 1. The molecule has 0 aromatic heterocycles. The van der Waals surface area contributed by atoms with E-state index < -0.39 is 15.4 Å². The predicted molar refractivity (Wildman–Crippen MR) is 75.0 cm³/mol. The molecule has 0 aliphatic heterocycles. The summed E-state index contributed by atoms with van der Waals surface area (Å²) in [6.45, 7) is 6.84. The fourth-order valence-electron chi connectivity index (χ4n) is 3.93. The summed E-state index contributed by atoms with van der Waals surface area (Å²) in [6, 6.07) is 0. The van der Waals surface area contributed by atoms with E-state index in [-0.39, 0.29) is 11.3 Å². The molecule has 0 unspecified atom stereocenters. The lowest BCUT2D eigenvalue weighted by molar-refractivity contribution is -0.144. The van der Waals surface area contributed by atoms with Gasteiger partial charge in [-0.25, -0.2) is 8.42 Å². The largest absolute Gasteiger partial charge is 0.273 e. The van der Waals surface area contributed by atoms with Crippen LogP contribution in [-0.4, -0.2) is 20.6 Å². The number of sulfonamides is 1. The smallest absolute Gasteiger partial charge is 0.239 e. The first kappa shape index (κ1) is 14.8. The Morgan fingerprint density at radius 2 is 1.42 bits per heavy atom. The van der Waals surface area contributed by atoms with Crippen molar-refractivity contribution in [1.29, 1.82) is 0 Å². The molecule has 0 aromatic carbocycles. The summed E-state index contributed by atoms with van der Waals surface area (Å²) in [6.07, 6.45) is 6.63. The highest BCUT2D eigenvalue weighted by atomic mass is 32.2. The van der Waals surface area contributed by atoms with Gasteiger partial charge in [-0.05, 0) is 49.4 Å². The van der Waals surface area contributed by atoms with Crippen molar-refractivity contribution in [3.63, 3.8) is 0 Å². The van der Waals surface area contributed by atoms with E-state index >= 15 is 0 Å². The van der Waals surface area contributed by atoms with Gasteiger partial charge in [-0.2, -0.15) is 0 Å². The molecular formula is C14H25NO3S. The van der Waals surface area contributed by atoms with Crippen molar-refractivity contribution < 1.29 is 13.2 Å². The van der Waals surface area contributed by atoms with E-state index in [1.54, 1.807) is 0 Å². The van der Waals surface area contributed by atoms with Crippen LogP contribution in [0.3, 0.4) is 0 Å². The number of hydrogen-bond acceptors (Lipinski definition) is 3. The molecule has 0 radical (unpaired) electrons. The summed E-state index contributed by atoms with van der Waals surface area (Å²) in [7, 11) is -3.45. The average Bonchev–Trinajstić information content (AvgIpc) is 2.27. The molecule has 0 spiro atoms. The maximum Gasteiger partial charge on any atom is 0.239 e. The van der Waals surface area contributed by atoms with Crippen LogP contribution in [0.25, 0.3) is 0 Å². The van der Waals surface area contributed by atoms with E-state index in [2.05, 4.69) is 25.5 Å². The first-order chi connectivity index (χ1) is 8.50. The highest BCUT2D eigenvalue weighted by Gasteiger charge is 2.56. The highest BCUT2D eigenvalue weighted by molar-refractivity contribution is 7.89. The third-order valence-corrected chi connectivity index (χ3v) is 6.15. The lowest BCUT2D eigenvalue weighted by atomic mass is 9.47. The predicted octanol–water partition coefficient (Wildman–Crippen LogP) is 2.45. The summed E-state index contributed by atoms with van der Waals surface area (Å²) >= 11 is 0. The first-order valence-corrected chi connectivity index (χ1v) is 8.91. The second-order valence-corrected chi connectivity index (χ2v) is 9.26. The molecular weight excluding hydrogens is 262 g/mol. The Balaban J connectivity index is 2.15. The van der Waals surface area contributed by atoms with Gasteiger partial charge < -0.3 is 0 Å². The molecule has 19 heavy (non-hydrogen) atoms. The van der Waals surface area contributed by atoms with Crippen molar-refractivity contribution >= 4 is 15.9 Å². The lowest BCUT2D eigenvalue weighted by Gasteiger charge is -2.58. The average molecular weight is 287 g/mol. The number of fused-ring (bicyclic) bond motifs is 3. The molecule has 0 aromatic rings. The summed E-state index contributed by atoms with van der Waals surface area (Å²) in [4.78, 5) is 12.3. The summed E-state index contributed by atoms with van der Waals surface area (Å²) in [5, 5.41) is 0. The van der Waals surface area contributed by atoms with Crippen molar-refractivity contribution in [2.75, 3.05) is 6.26 Å². The first-order valence-electron chi connectivity index (χ1n) is 7.02. The molecule has 0 saturated heterocycles. The number of rotatable bonds is 2. The zero-order chi connectivity index (χ0) is 14.5. The number of hydrogen-bond donors (Lipinski definition) is 1. The van der Waals surface area contributed by atoms with Crippen molar-refractivity contribution in [2.45, 2.75) is 59.3 Å². The molecule has 0 heterocycles. The fraction of sp³-hybridized carbons (Fsp3) is 0.929. The van der Waals surface area contributed by atoms with Crippen LogP contribution in [0.15, 0.2) is 0 Å². The van der Waals surface area contributed by atoms with Crippen LogP contribution in [0.1, 0.15) is 59.3 Å².